The number of nitrogens with zero attached hydrogens (tertiary/aromatic N) is 1. The molecule has 0 unspecified atom stereocenters. The first-order valence-electron chi connectivity index (χ1n) is 4.29. The van der Waals surface area contributed by atoms with Gasteiger partial charge in [-0.25, -0.2) is 0 Å². The number of nitro groups is 1. The van der Waals surface area contributed by atoms with Crippen LogP contribution >= 0.6 is 0 Å². The molecule has 1 saturated carbocycles. The maximum absolute atomic E-state index is 10.7. The Morgan fingerprint density at radius 3 is 2.69 bits per heavy atom. The summed E-state index contributed by atoms with van der Waals surface area (Å²) in [5.41, 5.74) is 1.87. The maximum atomic E-state index is 10.7. The van der Waals surface area contributed by atoms with Crippen LogP contribution in [-0.4, -0.2) is 4.92 Å². The summed E-state index contributed by atoms with van der Waals surface area (Å²) < 4.78 is 0. The van der Waals surface area contributed by atoms with Gasteiger partial charge in [0.1, 0.15) is 0 Å². The molecule has 3 nitrogen and oxygen atoms in total. The lowest BCUT2D eigenvalue weighted by Crippen LogP contribution is -1.96. The van der Waals surface area contributed by atoms with Crippen LogP contribution in [0.4, 0.5) is 5.69 Å². The number of benzene rings is 1. The number of nitro benzene ring substituents is 1. The van der Waals surface area contributed by atoms with Crippen LogP contribution in [0.2, 0.25) is 0 Å². The minimum Gasteiger partial charge on any atom is -0.258 e. The van der Waals surface area contributed by atoms with Crippen LogP contribution < -0.4 is 0 Å². The molecule has 3 heteroatoms. The second kappa shape index (κ2) is 2.83. The van der Waals surface area contributed by atoms with Crippen molar-refractivity contribution in [2.45, 2.75) is 18.8 Å². The Bertz CT molecular complexity index is 356. The average molecular weight is 176 g/mol. The molecule has 0 heterocycles. The Labute approximate surface area is 76.5 Å². The van der Waals surface area contributed by atoms with Crippen LogP contribution in [0.15, 0.2) is 18.2 Å². The maximum Gasteiger partial charge on any atom is 0.273 e. The Kier molecular flexibility index (Phi) is 1.79. The molecule has 67 valence electrons. The lowest BCUT2D eigenvalue weighted by molar-refractivity contribution is -0.385. The average Bonchev–Trinajstić information content (AvgIpc) is 2.86. The fraction of sp³-hybridized carbons (Fsp3) is 0.300. The molecular weight excluding hydrogens is 166 g/mol. The molecule has 0 saturated heterocycles. The highest BCUT2D eigenvalue weighted by Gasteiger charge is 2.31. The number of hydrogen-bond donors (Lipinski definition) is 0. The molecule has 1 aliphatic carbocycles. The number of hydrogen-bond acceptors (Lipinski definition) is 2. The monoisotopic (exact) mass is 176 g/mol. The largest absolute Gasteiger partial charge is 0.273 e. The van der Waals surface area contributed by atoms with Gasteiger partial charge in [0.2, 0.25) is 0 Å². The lowest BCUT2D eigenvalue weighted by Gasteiger charge is -2.03. The Morgan fingerprint density at radius 1 is 1.46 bits per heavy atom. The molecule has 1 fully saturated rings. The van der Waals surface area contributed by atoms with Crippen molar-refractivity contribution in [3.05, 3.63) is 46.4 Å². The fourth-order valence-corrected chi connectivity index (χ4v) is 1.60. The summed E-state index contributed by atoms with van der Waals surface area (Å²) in [6, 6.07) is 5.08. The predicted octanol–water partition coefficient (Wildman–Crippen LogP) is 2.65. The zero-order valence-electron chi connectivity index (χ0n) is 7.19. The van der Waals surface area contributed by atoms with Gasteiger partial charge in [-0.3, -0.25) is 10.1 Å². The van der Waals surface area contributed by atoms with Crippen molar-refractivity contribution in [2.75, 3.05) is 0 Å². The highest BCUT2D eigenvalue weighted by Crippen LogP contribution is 2.45. The predicted molar refractivity (Wildman–Crippen MR) is 49.5 cm³/mol. The SMILES string of the molecule is [CH2]c1cccc([N+](=O)[O-])c1C1CC1. The molecule has 0 spiro atoms. The van der Waals surface area contributed by atoms with Crippen LogP contribution in [0.1, 0.15) is 29.9 Å². The van der Waals surface area contributed by atoms with Gasteiger partial charge in [-0.05, 0) is 31.2 Å². The summed E-state index contributed by atoms with van der Waals surface area (Å²) in [6.07, 6.45) is 2.13. The minimum absolute atomic E-state index is 0.231. The summed E-state index contributed by atoms with van der Waals surface area (Å²) in [6.45, 7) is 3.82. The molecule has 1 aliphatic rings. The van der Waals surface area contributed by atoms with Crippen molar-refractivity contribution >= 4 is 5.69 Å². The standard InChI is InChI=1S/C10H10NO2/c1-7-3-2-4-9(11(12)13)10(7)8-5-6-8/h2-4,8H,1,5-6H2. The lowest BCUT2D eigenvalue weighted by atomic mass is 10.0. The summed E-state index contributed by atoms with van der Waals surface area (Å²) in [7, 11) is 0. The smallest absolute Gasteiger partial charge is 0.258 e. The van der Waals surface area contributed by atoms with Crippen LogP contribution in [0, 0.1) is 17.0 Å². The molecule has 2 rings (SSSR count). The molecule has 0 aromatic heterocycles. The van der Waals surface area contributed by atoms with Gasteiger partial charge in [-0.1, -0.05) is 12.1 Å². The van der Waals surface area contributed by atoms with E-state index in [0.29, 0.717) is 5.92 Å². The minimum atomic E-state index is -0.317. The normalized spacial score (nSPS) is 15.8. The van der Waals surface area contributed by atoms with Crippen LogP contribution in [-0.2, 0) is 0 Å². The Morgan fingerprint density at radius 2 is 2.15 bits per heavy atom. The van der Waals surface area contributed by atoms with Crippen LogP contribution in [0.3, 0.4) is 0 Å². The Hall–Kier alpha value is -1.38. The van der Waals surface area contributed by atoms with Gasteiger partial charge in [0, 0.05) is 11.6 Å². The summed E-state index contributed by atoms with van der Waals surface area (Å²) >= 11 is 0. The van der Waals surface area contributed by atoms with Crippen molar-refractivity contribution in [2.24, 2.45) is 0 Å². The molecule has 0 aliphatic heterocycles. The van der Waals surface area contributed by atoms with Gasteiger partial charge < -0.3 is 0 Å². The molecule has 13 heavy (non-hydrogen) atoms. The zero-order valence-corrected chi connectivity index (χ0v) is 7.19. The third-order valence-corrected chi connectivity index (χ3v) is 2.36. The molecule has 0 atom stereocenters. The van der Waals surface area contributed by atoms with Gasteiger partial charge in [0.15, 0.2) is 0 Å². The highest BCUT2D eigenvalue weighted by atomic mass is 16.6. The topological polar surface area (TPSA) is 43.1 Å². The van der Waals surface area contributed by atoms with E-state index in [4.69, 9.17) is 0 Å². The first-order valence-corrected chi connectivity index (χ1v) is 4.29. The van der Waals surface area contributed by atoms with Gasteiger partial charge >= 0.3 is 0 Å². The van der Waals surface area contributed by atoms with E-state index < -0.39 is 0 Å². The van der Waals surface area contributed by atoms with E-state index in [9.17, 15) is 10.1 Å². The van der Waals surface area contributed by atoms with E-state index in [1.165, 1.54) is 0 Å². The second-order valence-corrected chi connectivity index (χ2v) is 3.38. The van der Waals surface area contributed by atoms with E-state index >= 15 is 0 Å². The first kappa shape index (κ1) is 8.23. The van der Waals surface area contributed by atoms with Crippen molar-refractivity contribution in [3.63, 3.8) is 0 Å². The van der Waals surface area contributed by atoms with E-state index in [-0.39, 0.29) is 10.6 Å². The molecule has 1 radical (unpaired) electrons. The molecule has 1 aromatic rings. The van der Waals surface area contributed by atoms with E-state index in [2.05, 4.69) is 6.92 Å². The van der Waals surface area contributed by atoms with Gasteiger partial charge in [0.05, 0.1) is 4.92 Å². The molecule has 0 amide bonds. The summed E-state index contributed by atoms with van der Waals surface area (Å²) in [5.74, 6) is 0.383. The summed E-state index contributed by atoms with van der Waals surface area (Å²) in [4.78, 5) is 10.4. The van der Waals surface area contributed by atoms with E-state index in [1.54, 1.807) is 12.1 Å². The third kappa shape index (κ3) is 1.41. The fourth-order valence-electron chi connectivity index (χ4n) is 1.60. The van der Waals surface area contributed by atoms with Crippen molar-refractivity contribution < 1.29 is 4.92 Å². The van der Waals surface area contributed by atoms with Crippen molar-refractivity contribution in [1.82, 2.24) is 0 Å². The van der Waals surface area contributed by atoms with Crippen LogP contribution in [0.5, 0.6) is 0 Å². The van der Waals surface area contributed by atoms with Crippen molar-refractivity contribution in [3.8, 4) is 0 Å². The van der Waals surface area contributed by atoms with Crippen LogP contribution in [0.25, 0.3) is 0 Å². The molecule has 1 aromatic carbocycles. The molecular formula is C10H10NO2. The van der Waals surface area contributed by atoms with Crippen molar-refractivity contribution in [1.29, 1.82) is 0 Å². The number of rotatable bonds is 2. The quantitative estimate of drug-likeness (QED) is 0.513. The Balaban J connectivity index is 2.53. The van der Waals surface area contributed by atoms with Gasteiger partial charge in [0.25, 0.3) is 5.69 Å². The third-order valence-electron chi connectivity index (χ3n) is 2.36. The van der Waals surface area contributed by atoms with E-state index in [0.717, 1.165) is 24.0 Å². The van der Waals surface area contributed by atoms with Gasteiger partial charge in [-0.2, -0.15) is 0 Å². The summed E-state index contributed by atoms with van der Waals surface area (Å²) in [5, 5.41) is 10.7. The second-order valence-electron chi connectivity index (χ2n) is 3.38. The zero-order chi connectivity index (χ0) is 9.42. The molecule has 0 bridgehead atoms. The highest BCUT2D eigenvalue weighted by molar-refractivity contribution is 5.50. The first-order chi connectivity index (χ1) is 6.20. The molecule has 0 N–H and O–H groups in total. The van der Waals surface area contributed by atoms with Gasteiger partial charge in [-0.15, -0.1) is 0 Å². The van der Waals surface area contributed by atoms with E-state index in [1.807, 2.05) is 6.07 Å².